The lowest BCUT2D eigenvalue weighted by molar-refractivity contribution is -0.133. The van der Waals surface area contributed by atoms with Gasteiger partial charge < -0.3 is 9.80 Å². The Labute approximate surface area is 212 Å². The highest BCUT2D eigenvalue weighted by Crippen LogP contribution is 2.34. The van der Waals surface area contributed by atoms with Crippen LogP contribution in [0.25, 0.3) is 0 Å². The molecule has 0 spiro atoms. The van der Waals surface area contributed by atoms with E-state index in [-0.39, 0.29) is 41.6 Å². The molecule has 0 N–H and O–H groups in total. The highest BCUT2D eigenvalue weighted by molar-refractivity contribution is 8.14. The van der Waals surface area contributed by atoms with Gasteiger partial charge in [-0.3, -0.25) is 19.6 Å². The summed E-state index contributed by atoms with van der Waals surface area (Å²) < 4.78 is 13.3. The predicted molar refractivity (Wildman–Crippen MR) is 141 cm³/mol. The van der Waals surface area contributed by atoms with Crippen molar-refractivity contribution in [1.29, 1.82) is 0 Å². The van der Waals surface area contributed by atoms with Crippen molar-refractivity contribution in [2.75, 3.05) is 26.4 Å². The molecule has 1 amide bonds. The van der Waals surface area contributed by atoms with Crippen LogP contribution in [0.4, 0.5) is 4.39 Å². The molecule has 1 aliphatic carbocycles. The Morgan fingerprint density at radius 1 is 1.14 bits per heavy atom. The van der Waals surface area contributed by atoms with Crippen LogP contribution in [0.5, 0.6) is 0 Å². The average Bonchev–Trinajstić information content (AvgIpc) is 3.54. The number of rotatable bonds is 8. The average molecular weight is 501 g/mol. The third kappa shape index (κ3) is 6.20. The van der Waals surface area contributed by atoms with Crippen LogP contribution in [0, 0.1) is 11.7 Å². The molecule has 1 saturated heterocycles. The number of thioether (sulfide) groups is 1. The van der Waals surface area contributed by atoms with Crippen LogP contribution >= 0.6 is 11.8 Å². The first-order chi connectivity index (χ1) is 16.8. The SMILES string of the molecule is CC(/C=N/C(C(=O)N1CCCC1C1=NC(C(=O)c2ccc(F)cc2)CS1)C1CCCCC1)N(C)C. The summed E-state index contributed by atoms with van der Waals surface area (Å²) in [6.07, 6.45) is 9.38. The van der Waals surface area contributed by atoms with E-state index >= 15 is 0 Å². The van der Waals surface area contributed by atoms with Gasteiger partial charge in [-0.05, 0) is 76.9 Å². The molecule has 4 unspecified atom stereocenters. The van der Waals surface area contributed by atoms with Crippen LogP contribution in [0.2, 0.25) is 0 Å². The molecule has 0 radical (unpaired) electrons. The van der Waals surface area contributed by atoms with Gasteiger partial charge in [-0.15, -0.1) is 11.8 Å². The van der Waals surface area contributed by atoms with Gasteiger partial charge in [0, 0.05) is 30.1 Å². The number of nitrogens with zero attached hydrogens (tertiary/aromatic N) is 4. The molecule has 0 bridgehead atoms. The fourth-order valence-electron chi connectivity index (χ4n) is 5.16. The molecule has 6 nitrogen and oxygen atoms in total. The van der Waals surface area contributed by atoms with E-state index in [0.29, 0.717) is 17.9 Å². The van der Waals surface area contributed by atoms with Crippen LogP contribution in [-0.2, 0) is 4.79 Å². The van der Waals surface area contributed by atoms with E-state index in [4.69, 9.17) is 9.98 Å². The fraction of sp³-hybridized carbons (Fsp3) is 0.630. The van der Waals surface area contributed by atoms with E-state index in [0.717, 1.165) is 43.6 Å². The lowest BCUT2D eigenvalue weighted by Gasteiger charge is -2.33. The summed E-state index contributed by atoms with van der Waals surface area (Å²) in [5.74, 6) is 0.508. The lowest BCUT2D eigenvalue weighted by atomic mass is 9.83. The van der Waals surface area contributed by atoms with Crippen molar-refractivity contribution in [2.24, 2.45) is 15.9 Å². The summed E-state index contributed by atoms with van der Waals surface area (Å²) in [4.78, 5) is 40.5. The van der Waals surface area contributed by atoms with Gasteiger partial charge >= 0.3 is 0 Å². The Morgan fingerprint density at radius 3 is 2.54 bits per heavy atom. The Balaban J connectivity index is 1.50. The van der Waals surface area contributed by atoms with E-state index in [1.165, 1.54) is 30.7 Å². The van der Waals surface area contributed by atoms with E-state index < -0.39 is 6.04 Å². The van der Waals surface area contributed by atoms with E-state index in [2.05, 4.69) is 11.8 Å². The van der Waals surface area contributed by atoms with Gasteiger partial charge in [-0.1, -0.05) is 19.3 Å². The molecule has 8 heteroatoms. The largest absolute Gasteiger partial charge is 0.332 e. The number of hydrogen-bond donors (Lipinski definition) is 0. The normalized spacial score (nSPS) is 25.3. The first-order valence-electron chi connectivity index (χ1n) is 12.9. The topological polar surface area (TPSA) is 65.3 Å². The molecule has 1 saturated carbocycles. The van der Waals surface area contributed by atoms with Crippen LogP contribution in [0.15, 0.2) is 34.3 Å². The highest BCUT2D eigenvalue weighted by atomic mass is 32.2. The number of benzene rings is 1. The number of hydrogen-bond acceptors (Lipinski definition) is 6. The number of carbonyl (C=O) groups excluding carboxylic acids is 2. The third-order valence-corrected chi connectivity index (χ3v) is 8.71. The van der Waals surface area contributed by atoms with Gasteiger partial charge in [0.1, 0.15) is 17.9 Å². The molecule has 2 aliphatic heterocycles. The maximum absolute atomic E-state index is 13.9. The van der Waals surface area contributed by atoms with Crippen molar-refractivity contribution in [2.45, 2.75) is 76.0 Å². The van der Waals surface area contributed by atoms with Gasteiger partial charge in [-0.25, -0.2) is 4.39 Å². The zero-order valence-electron chi connectivity index (χ0n) is 21.0. The van der Waals surface area contributed by atoms with Crippen molar-refractivity contribution < 1.29 is 14.0 Å². The minimum absolute atomic E-state index is 0.0777. The lowest BCUT2D eigenvalue weighted by Crippen LogP contribution is -2.47. The molecule has 4 atom stereocenters. The van der Waals surface area contributed by atoms with Crippen LogP contribution < -0.4 is 0 Å². The zero-order valence-corrected chi connectivity index (χ0v) is 21.8. The maximum atomic E-state index is 13.9. The number of carbonyl (C=O) groups is 2. The summed E-state index contributed by atoms with van der Waals surface area (Å²) >= 11 is 1.58. The summed E-state index contributed by atoms with van der Waals surface area (Å²) in [6, 6.07) is 4.90. The molecule has 1 aromatic carbocycles. The van der Waals surface area contributed by atoms with Crippen LogP contribution in [0.3, 0.4) is 0 Å². The summed E-state index contributed by atoms with van der Waals surface area (Å²) in [5.41, 5.74) is 0.475. The van der Waals surface area contributed by atoms with Crippen LogP contribution in [-0.4, -0.2) is 83.3 Å². The summed E-state index contributed by atoms with van der Waals surface area (Å²) in [7, 11) is 4.04. The predicted octanol–water partition coefficient (Wildman–Crippen LogP) is 4.48. The molecule has 4 rings (SSSR count). The van der Waals surface area contributed by atoms with Gasteiger partial charge in [0.25, 0.3) is 0 Å². The molecule has 3 aliphatic rings. The fourth-order valence-corrected chi connectivity index (χ4v) is 6.35. The van der Waals surface area contributed by atoms with E-state index in [1.54, 1.807) is 11.8 Å². The van der Waals surface area contributed by atoms with Gasteiger partial charge in [0.2, 0.25) is 5.91 Å². The smallest absolute Gasteiger partial charge is 0.248 e. The van der Waals surface area contributed by atoms with Crippen molar-refractivity contribution in [3.05, 3.63) is 35.6 Å². The Morgan fingerprint density at radius 2 is 1.86 bits per heavy atom. The standard InChI is InChI=1S/C27H37FN4O2S/c1-18(31(2)3)16-29-24(19-8-5-4-6-9-19)27(34)32-15-7-10-23(32)26-30-22(17-35-26)25(33)20-11-13-21(28)14-12-20/h11-14,16,18-19,22-24H,4-10,15,17H2,1-3H3/b29-16+. The second-order valence-corrected chi connectivity index (χ2v) is 11.2. The Bertz CT molecular complexity index is 958. The number of Topliss-reactive ketones (excluding diaryl/α,β-unsaturated/α-hetero) is 1. The summed E-state index contributed by atoms with van der Waals surface area (Å²) in [5, 5.41) is 0.879. The van der Waals surface area contributed by atoms with Gasteiger partial charge in [0.05, 0.1) is 11.1 Å². The number of amides is 1. The molecule has 190 valence electrons. The van der Waals surface area contributed by atoms with Gasteiger partial charge in [-0.2, -0.15) is 0 Å². The quantitative estimate of drug-likeness (QED) is 0.390. The van der Waals surface area contributed by atoms with E-state index in [9.17, 15) is 14.0 Å². The molecule has 2 fully saturated rings. The highest BCUT2D eigenvalue weighted by Gasteiger charge is 2.41. The molecular weight excluding hydrogens is 463 g/mol. The molecule has 35 heavy (non-hydrogen) atoms. The minimum atomic E-state index is -0.480. The zero-order chi connectivity index (χ0) is 24.9. The number of likely N-dealkylation sites (tertiary alicyclic amines) is 1. The Hall–Kier alpha value is -2.06. The second-order valence-electron chi connectivity index (χ2n) is 10.2. The third-order valence-electron chi connectivity index (χ3n) is 7.55. The van der Waals surface area contributed by atoms with E-state index in [1.807, 2.05) is 25.2 Å². The van der Waals surface area contributed by atoms with Crippen LogP contribution in [0.1, 0.15) is 62.2 Å². The second kappa shape index (κ2) is 11.8. The Kier molecular flexibility index (Phi) is 8.76. The minimum Gasteiger partial charge on any atom is -0.332 e. The number of halogens is 1. The first kappa shape index (κ1) is 26.0. The molecule has 1 aromatic rings. The monoisotopic (exact) mass is 500 g/mol. The summed E-state index contributed by atoms with van der Waals surface area (Å²) in [6.45, 7) is 2.80. The molecule has 0 aromatic heterocycles. The van der Waals surface area contributed by atoms with Crippen molar-refractivity contribution >= 4 is 34.7 Å². The first-order valence-corrected chi connectivity index (χ1v) is 13.8. The van der Waals surface area contributed by atoms with Gasteiger partial charge in [0.15, 0.2) is 5.78 Å². The number of ketones is 1. The molecular formula is C27H37FN4O2S. The maximum Gasteiger partial charge on any atom is 0.248 e. The van der Waals surface area contributed by atoms with Crippen molar-refractivity contribution in [3.63, 3.8) is 0 Å². The number of aliphatic imine (C=N–C) groups is 2. The van der Waals surface area contributed by atoms with Crippen molar-refractivity contribution in [1.82, 2.24) is 9.80 Å². The molecule has 2 heterocycles. The van der Waals surface area contributed by atoms with Crippen molar-refractivity contribution in [3.8, 4) is 0 Å².